The van der Waals surface area contributed by atoms with E-state index in [9.17, 15) is 4.79 Å². The van der Waals surface area contributed by atoms with Gasteiger partial charge in [-0.2, -0.15) is 0 Å². The maximum absolute atomic E-state index is 11.2. The Labute approximate surface area is 131 Å². The minimum atomic E-state index is -0.294. The highest BCUT2D eigenvalue weighted by molar-refractivity contribution is 5.72. The Morgan fingerprint density at radius 1 is 1.23 bits per heavy atom. The molecule has 0 spiro atoms. The van der Waals surface area contributed by atoms with Gasteiger partial charge in [0, 0.05) is 25.2 Å². The topological polar surface area (TPSA) is 67.6 Å². The second kappa shape index (κ2) is 6.57. The van der Waals surface area contributed by atoms with Crippen LogP contribution in [-0.2, 0) is 12.8 Å². The molecule has 0 radical (unpaired) electrons. The fourth-order valence-corrected chi connectivity index (χ4v) is 3.60. The molecule has 5 nitrogen and oxygen atoms in total. The van der Waals surface area contributed by atoms with Crippen molar-refractivity contribution >= 4 is 6.03 Å². The van der Waals surface area contributed by atoms with Crippen molar-refractivity contribution in [3.8, 4) is 5.75 Å². The van der Waals surface area contributed by atoms with Crippen molar-refractivity contribution in [2.75, 3.05) is 20.2 Å². The maximum atomic E-state index is 11.2. The van der Waals surface area contributed by atoms with Crippen LogP contribution in [0.2, 0.25) is 0 Å². The van der Waals surface area contributed by atoms with E-state index in [0.29, 0.717) is 12.1 Å². The number of fused-ring (bicyclic) bond motifs is 1. The maximum Gasteiger partial charge on any atom is 0.314 e. The van der Waals surface area contributed by atoms with Crippen LogP contribution in [0, 0.1) is 0 Å². The number of primary amides is 1. The zero-order chi connectivity index (χ0) is 15.5. The van der Waals surface area contributed by atoms with E-state index < -0.39 is 0 Å². The highest BCUT2D eigenvalue weighted by Crippen LogP contribution is 2.26. The molecule has 1 saturated heterocycles. The van der Waals surface area contributed by atoms with Crippen LogP contribution in [0.4, 0.5) is 4.79 Å². The molecule has 22 heavy (non-hydrogen) atoms. The fraction of sp³-hybridized carbons (Fsp3) is 0.588. The zero-order valence-corrected chi connectivity index (χ0v) is 13.2. The summed E-state index contributed by atoms with van der Waals surface area (Å²) in [5.74, 6) is 0.939. The molecule has 3 N–H and O–H groups in total. The molecule has 2 aliphatic rings. The van der Waals surface area contributed by atoms with Crippen molar-refractivity contribution in [3.63, 3.8) is 0 Å². The van der Waals surface area contributed by atoms with Crippen LogP contribution < -0.4 is 15.8 Å². The van der Waals surface area contributed by atoms with Gasteiger partial charge in [-0.15, -0.1) is 0 Å². The Hall–Kier alpha value is -1.75. The number of nitrogens with two attached hydrogens (primary N) is 1. The summed E-state index contributed by atoms with van der Waals surface area (Å²) in [6.07, 6.45) is 5.34. The quantitative estimate of drug-likeness (QED) is 0.893. The van der Waals surface area contributed by atoms with Crippen molar-refractivity contribution in [3.05, 3.63) is 29.3 Å². The number of nitrogens with one attached hydrogen (secondary N) is 1. The average Bonchev–Trinajstić information content (AvgIpc) is 2.54. The number of ether oxygens (including phenoxy) is 1. The van der Waals surface area contributed by atoms with Gasteiger partial charge in [-0.3, -0.25) is 0 Å². The monoisotopic (exact) mass is 303 g/mol. The molecule has 1 unspecified atom stereocenters. The summed E-state index contributed by atoms with van der Waals surface area (Å²) in [6.45, 7) is 1.54. The number of urea groups is 1. The van der Waals surface area contributed by atoms with Crippen LogP contribution >= 0.6 is 0 Å². The van der Waals surface area contributed by atoms with E-state index in [1.807, 2.05) is 6.07 Å². The molecule has 0 saturated carbocycles. The Bertz CT molecular complexity index is 539. The van der Waals surface area contributed by atoms with Gasteiger partial charge < -0.3 is 20.7 Å². The fourth-order valence-electron chi connectivity index (χ4n) is 3.60. The predicted octanol–water partition coefficient (Wildman–Crippen LogP) is 1.69. The lowest BCUT2D eigenvalue weighted by atomic mass is 9.87. The van der Waals surface area contributed by atoms with Crippen molar-refractivity contribution in [2.45, 2.75) is 44.2 Å². The highest BCUT2D eigenvalue weighted by Gasteiger charge is 2.25. The molecule has 1 aromatic carbocycles. The first kappa shape index (κ1) is 15.2. The second-order valence-corrected chi connectivity index (χ2v) is 6.34. The van der Waals surface area contributed by atoms with E-state index in [4.69, 9.17) is 10.5 Å². The molecular formula is C17H25N3O2. The van der Waals surface area contributed by atoms with E-state index >= 15 is 0 Å². The largest absolute Gasteiger partial charge is 0.497 e. The van der Waals surface area contributed by atoms with Gasteiger partial charge in [0.25, 0.3) is 0 Å². The predicted molar refractivity (Wildman–Crippen MR) is 86.1 cm³/mol. The number of hydrogen-bond acceptors (Lipinski definition) is 3. The summed E-state index contributed by atoms with van der Waals surface area (Å²) in [7, 11) is 1.72. The van der Waals surface area contributed by atoms with Gasteiger partial charge in [0.2, 0.25) is 0 Å². The van der Waals surface area contributed by atoms with Crippen molar-refractivity contribution in [1.29, 1.82) is 0 Å². The lowest BCUT2D eigenvalue weighted by Gasteiger charge is -2.35. The average molecular weight is 303 g/mol. The number of carbonyl (C=O) groups excluding carboxylic acids is 1. The van der Waals surface area contributed by atoms with Crippen LogP contribution in [0.25, 0.3) is 0 Å². The van der Waals surface area contributed by atoms with Gasteiger partial charge in [-0.1, -0.05) is 6.07 Å². The highest BCUT2D eigenvalue weighted by atomic mass is 16.5. The minimum absolute atomic E-state index is 0.294. The Balaban J connectivity index is 1.55. The van der Waals surface area contributed by atoms with Crippen LogP contribution in [0.3, 0.4) is 0 Å². The van der Waals surface area contributed by atoms with E-state index in [0.717, 1.165) is 44.5 Å². The molecule has 1 heterocycles. The number of rotatable bonds is 3. The third-order valence-electron chi connectivity index (χ3n) is 4.92. The van der Waals surface area contributed by atoms with E-state index in [1.54, 1.807) is 12.0 Å². The first-order chi connectivity index (χ1) is 10.7. The number of benzene rings is 1. The first-order valence-corrected chi connectivity index (χ1v) is 8.12. The normalized spacial score (nSPS) is 22.2. The van der Waals surface area contributed by atoms with Gasteiger partial charge in [0.15, 0.2) is 0 Å². The molecule has 1 fully saturated rings. The van der Waals surface area contributed by atoms with Crippen LogP contribution in [-0.4, -0.2) is 43.2 Å². The third-order valence-corrected chi connectivity index (χ3v) is 4.92. The zero-order valence-electron chi connectivity index (χ0n) is 13.2. The molecule has 3 rings (SSSR count). The third kappa shape index (κ3) is 3.35. The second-order valence-electron chi connectivity index (χ2n) is 6.34. The number of amides is 2. The van der Waals surface area contributed by atoms with Gasteiger partial charge >= 0.3 is 6.03 Å². The number of hydrogen-bond donors (Lipinski definition) is 2. The molecular weight excluding hydrogens is 278 g/mol. The van der Waals surface area contributed by atoms with Gasteiger partial charge in [-0.05, 0) is 55.4 Å². The Morgan fingerprint density at radius 3 is 2.68 bits per heavy atom. The first-order valence-electron chi connectivity index (χ1n) is 8.12. The summed E-state index contributed by atoms with van der Waals surface area (Å²) in [5, 5.41) is 3.78. The van der Waals surface area contributed by atoms with Crippen LogP contribution in [0.15, 0.2) is 18.2 Å². The summed E-state index contributed by atoms with van der Waals surface area (Å²) in [5.41, 5.74) is 8.18. The lowest BCUT2D eigenvalue weighted by Crippen LogP contribution is -2.50. The SMILES string of the molecule is COc1ccc2c(c1)CC(NC1CCN(C(N)=O)CC1)CC2. The van der Waals surface area contributed by atoms with Crippen LogP contribution in [0.5, 0.6) is 5.75 Å². The Morgan fingerprint density at radius 2 is 2.00 bits per heavy atom. The van der Waals surface area contributed by atoms with Crippen molar-refractivity contribution in [1.82, 2.24) is 10.2 Å². The number of aryl methyl sites for hydroxylation is 1. The number of nitrogens with zero attached hydrogens (tertiary/aromatic N) is 1. The molecule has 0 aromatic heterocycles. The number of carbonyl (C=O) groups is 1. The number of likely N-dealkylation sites (tertiary alicyclic amines) is 1. The van der Waals surface area contributed by atoms with Crippen LogP contribution in [0.1, 0.15) is 30.4 Å². The molecule has 120 valence electrons. The molecule has 1 aliphatic carbocycles. The van der Waals surface area contributed by atoms with Crippen molar-refractivity contribution < 1.29 is 9.53 Å². The summed E-state index contributed by atoms with van der Waals surface area (Å²) >= 11 is 0. The van der Waals surface area contributed by atoms with Gasteiger partial charge in [-0.25, -0.2) is 4.79 Å². The molecule has 1 aliphatic heterocycles. The smallest absolute Gasteiger partial charge is 0.314 e. The van der Waals surface area contributed by atoms with Gasteiger partial charge in [0.1, 0.15) is 5.75 Å². The van der Waals surface area contributed by atoms with E-state index in [-0.39, 0.29) is 6.03 Å². The summed E-state index contributed by atoms with van der Waals surface area (Å²) in [4.78, 5) is 12.9. The standard InChI is InChI=1S/C17H25N3O2/c1-22-16-5-3-12-2-4-15(10-13(12)11-16)19-14-6-8-20(9-7-14)17(18)21/h3,5,11,14-15,19H,2,4,6-10H2,1H3,(H2,18,21). The van der Waals surface area contributed by atoms with E-state index in [1.165, 1.54) is 17.5 Å². The molecule has 0 bridgehead atoms. The molecule has 2 amide bonds. The van der Waals surface area contributed by atoms with Gasteiger partial charge in [0.05, 0.1) is 7.11 Å². The van der Waals surface area contributed by atoms with Crippen molar-refractivity contribution in [2.24, 2.45) is 5.73 Å². The Kier molecular flexibility index (Phi) is 4.52. The van der Waals surface area contributed by atoms with E-state index in [2.05, 4.69) is 17.4 Å². The minimum Gasteiger partial charge on any atom is -0.497 e. The molecule has 1 aromatic rings. The molecule has 5 heteroatoms. The number of piperidine rings is 1. The summed E-state index contributed by atoms with van der Waals surface area (Å²) in [6, 6.07) is 7.12. The lowest BCUT2D eigenvalue weighted by molar-refractivity contribution is 0.181. The summed E-state index contributed by atoms with van der Waals surface area (Å²) < 4.78 is 5.33. The number of methoxy groups -OCH3 is 1. The molecule has 1 atom stereocenters.